The number of para-hydroxylation sites is 2. The van der Waals surface area contributed by atoms with Crippen molar-refractivity contribution in [1.29, 1.82) is 0 Å². The number of benzene rings is 2. The van der Waals surface area contributed by atoms with Gasteiger partial charge in [-0.3, -0.25) is 4.98 Å². The van der Waals surface area contributed by atoms with E-state index < -0.39 is 16.1 Å². The highest BCUT2D eigenvalue weighted by atomic mass is 32.2. The SMILES string of the molecule is Cc1ccc(S(=O)(=O)N2N=C(c3cccs3)C[C@H]2c2cnc3ccccc3n2)cc1. The molecule has 0 saturated carbocycles. The van der Waals surface area contributed by atoms with Gasteiger partial charge in [0.05, 0.1) is 38.4 Å². The van der Waals surface area contributed by atoms with Crippen LogP contribution in [0.3, 0.4) is 0 Å². The van der Waals surface area contributed by atoms with Crippen LogP contribution >= 0.6 is 11.3 Å². The Labute approximate surface area is 178 Å². The highest BCUT2D eigenvalue weighted by Crippen LogP contribution is 2.37. The second-order valence-corrected chi connectivity index (χ2v) is 9.86. The molecule has 5 rings (SSSR count). The quantitative estimate of drug-likeness (QED) is 0.473. The van der Waals surface area contributed by atoms with Crippen LogP contribution in [0, 0.1) is 6.92 Å². The van der Waals surface area contributed by atoms with Crippen LogP contribution < -0.4 is 0 Å². The summed E-state index contributed by atoms with van der Waals surface area (Å²) >= 11 is 1.54. The number of hydrogen-bond donors (Lipinski definition) is 0. The Morgan fingerprint density at radius 1 is 1.00 bits per heavy atom. The minimum Gasteiger partial charge on any atom is -0.253 e. The number of hydrazone groups is 1. The Balaban J connectivity index is 1.62. The largest absolute Gasteiger partial charge is 0.279 e. The van der Waals surface area contributed by atoms with Gasteiger partial charge in [0.2, 0.25) is 0 Å². The maximum atomic E-state index is 13.5. The van der Waals surface area contributed by atoms with E-state index >= 15 is 0 Å². The molecule has 2 aromatic carbocycles. The first-order chi connectivity index (χ1) is 14.5. The lowest BCUT2D eigenvalue weighted by atomic mass is 10.1. The van der Waals surface area contributed by atoms with Gasteiger partial charge in [-0.2, -0.15) is 17.9 Å². The van der Waals surface area contributed by atoms with Crippen LogP contribution in [0.2, 0.25) is 0 Å². The average Bonchev–Trinajstić information content (AvgIpc) is 3.44. The highest BCUT2D eigenvalue weighted by Gasteiger charge is 2.39. The van der Waals surface area contributed by atoms with Gasteiger partial charge in [0.25, 0.3) is 10.0 Å². The molecule has 0 amide bonds. The lowest BCUT2D eigenvalue weighted by Crippen LogP contribution is -2.28. The van der Waals surface area contributed by atoms with Crippen molar-refractivity contribution in [2.45, 2.75) is 24.3 Å². The first kappa shape index (κ1) is 18.9. The Kier molecular flexibility index (Phi) is 4.60. The van der Waals surface area contributed by atoms with Crippen molar-refractivity contribution in [3.63, 3.8) is 0 Å². The average molecular weight is 435 g/mol. The molecule has 150 valence electrons. The molecule has 0 fully saturated rings. The summed E-state index contributed by atoms with van der Waals surface area (Å²) in [6, 6.07) is 17.7. The van der Waals surface area contributed by atoms with Crippen LogP contribution in [0.15, 0.2) is 82.2 Å². The van der Waals surface area contributed by atoms with E-state index in [0.29, 0.717) is 12.1 Å². The number of sulfonamides is 1. The van der Waals surface area contributed by atoms with Gasteiger partial charge < -0.3 is 0 Å². The van der Waals surface area contributed by atoms with E-state index in [9.17, 15) is 8.42 Å². The van der Waals surface area contributed by atoms with E-state index in [4.69, 9.17) is 4.98 Å². The summed E-state index contributed by atoms with van der Waals surface area (Å²) in [5.74, 6) is 0. The van der Waals surface area contributed by atoms with E-state index in [1.54, 1.807) is 41.8 Å². The Morgan fingerprint density at radius 2 is 1.77 bits per heavy atom. The fourth-order valence-electron chi connectivity index (χ4n) is 3.47. The fourth-order valence-corrected chi connectivity index (χ4v) is 5.61. The summed E-state index contributed by atoms with van der Waals surface area (Å²) in [4.78, 5) is 10.4. The summed E-state index contributed by atoms with van der Waals surface area (Å²) in [5, 5.41) is 6.50. The predicted octanol–water partition coefficient (Wildman–Crippen LogP) is 4.54. The standard InChI is InChI=1S/C22H18N4O2S2/c1-15-8-10-16(11-9-15)30(27,28)26-21(13-19(25-26)22-7-4-12-29-22)20-14-23-17-5-2-3-6-18(17)24-20/h2-12,14,21H,13H2,1H3/t21-/m0/s1. The minimum absolute atomic E-state index is 0.211. The van der Waals surface area contributed by atoms with E-state index in [2.05, 4.69) is 10.1 Å². The highest BCUT2D eigenvalue weighted by molar-refractivity contribution is 7.89. The molecule has 30 heavy (non-hydrogen) atoms. The molecule has 1 atom stereocenters. The van der Waals surface area contributed by atoms with Crippen LogP contribution in [0.25, 0.3) is 11.0 Å². The molecule has 1 aliphatic heterocycles. The van der Waals surface area contributed by atoms with Crippen molar-refractivity contribution in [2.75, 3.05) is 0 Å². The predicted molar refractivity (Wildman–Crippen MR) is 118 cm³/mol. The molecule has 1 aliphatic rings. The van der Waals surface area contributed by atoms with Gasteiger partial charge in [0.15, 0.2) is 0 Å². The second kappa shape index (κ2) is 7.30. The monoisotopic (exact) mass is 434 g/mol. The van der Waals surface area contributed by atoms with Gasteiger partial charge in [-0.25, -0.2) is 4.98 Å². The van der Waals surface area contributed by atoms with Crippen molar-refractivity contribution in [2.24, 2.45) is 5.10 Å². The molecular formula is C22H18N4O2S2. The molecule has 3 heterocycles. The summed E-state index contributed by atoms with van der Waals surface area (Å²) < 4.78 is 28.2. The van der Waals surface area contributed by atoms with Gasteiger partial charge in [-0.1, -0.05) is 35.9 Å². The molecule has 0 bridgehead atoms. The third-order valence-corrected chi connectivity index (χ3v) is 7.67. The van der Waals surface area contributed by atoms with Crippen LogP contribution in [0.5, 0.6) is 0 Å². The maximum Gasteiger partial charge on any atom is 0.279 e. The van der Waals surface area contributed by atoms with Crippen molar-refractivity contribution >= 4 is 38.1 Å². The number of aromatic nitrogens is 2. The summed E-state index contributed by atoms with van der Waals surface area (Å²) in [6.45, 7) is 1.92. The summed E-state index contributed by atoms with van der Waals surface area (Å²) in [5.41, 5.74) is 3.81. The molecule has 0 radical (unpaired) electrons. The molecule has 0 aliphatic carbocycles. The van der Waals surface area contributed by atoms with E-state index in [1.165, 1.54) is 4.41 Å². The molecule has 6 nitrogen and oxygen atoms in total. The number of thiophene rings is 1. The first-order valence-corrected chi connectivity index (χ1v) is 11.8. The Bertz CT molecular complexity index is 1350. The number of nitrogens with zero attached hydrogens (tertiary/aromatic N) is 4. The van der Waals surface area contributed by atoms with Crippen LogP contribution in [-0.4, -0.2) is 28.5 Å². The first-order valence-electron chi connectivity index (χ1n) is 9.46. The van der Waals surface area contributed by atoms with Crippen LogP contribution in [0.1, 0.15) is 28.6 Å². The lowest BCUT2D eigenvalue weighted by Gasteiger charge is -2.22. The number of rotatable bonds is 4. The molecule has 0 spiro atoms. The van der Waals surface area contributed by atoms with E-state index in [1.807, 2.05) is 48.7 Å². The zero-order chi connectivity index (χ0) is 20.7. The Morgan fingerprint density at radius 3 is 2.50 bits per heavy atom. The van der Waals surface area contributed by atoms with Gasteiger partial charge >= 0.3 is 0 Å². The van der Waals surface area contributed by atoms with Crippen molar-refractivity contribution < 1.29 is 8.42 Å². The molecular weight excluding hydrogens is 416 g/mol. The van der Waals surface area contributed by atoms with E-state index in [-0.39, 0.29) is 4.90 Å². The number of aryl methyl sites for hydroxylation is 1. The third kappa shape index (κ3) is 3.28. The zero-order valence-corrected chi connectivity index (χ0v) is 17.8. The van der Waals surface area contributed by atoms with Gasteiger partial charge in [0, 0.05) is 6.42 Å². The van der Waals surface area contributed by atoms with Crippen LogP contribution in [0.4, 0.5) is 0 Å². The summed E-state index contributed by atoms with van der Waals surface area (Å²) in [7, 11) is -3.85. The molecule has 0 saturated heterocycles. The van der Waals surface area contributed by atoms with Gasteiger partial charge in [-0.05, 0) is 42.6 Å². The third-order valence-electron chi connectivity index (χ3n) is 5.05. The smallest absolute Gasteiger partial charge is 0.253 e. The van der Waals surface area contributed by atoms with Crippen molar-refractivity contribution in [3.05, 3.63) is 88.4 Å². The molecule has 8 heteroatoms. The number of hydrogen-bond acceptors (Lipinski definition) is 6. The van der Waals surface area contributed by atoms with Crippen molar-refractivity contribution in [3.8, 4) is 0 Å². The summed E-state index contributed by atoms with van der Waals surface area (Å²) in [6.07, 6.45) is 2.09. The van der Waals surface area contributed by atoms with Gasteiger partial charge in [-0.15, -0.1) is 11.3 Å². The molecule has 0 N–H and O–H groups in total. The Hall–Kier alpha value is -3.10. The van der Waals surface area contributed by atoms with Gasteiger partial charge in [0.1, 0.15) is 6.04 Å². The normalized spacial score (nSPS) is 16.8. The number of fused-ring (bicyclic) bond motifs is 1. The second-order valence-electron chi connectivity index (χ2n) is 7.12. The fraction of sp³-hybridized carbons (Fsp3) is 0.136. The lowest BCUT2D eigenvalue weighted by molar-refractivity contribution is 0.365. The topological polar surface area (TPSA) is 75.5 Å². The zero-order valence-electron chi connectivity index (χ0n) is 16.1. The molecule has 4 aromatic rings. The maximum absolute atomic E-state index is 13.5. The van der Waals surface area contributed by atoms with Crippen molar-refractivity contribution in [1.82, 2.24) is 14.4 Å². The van der Waals surface area contributed by atoms with Crippen LogP contribution in [-0.2, 0) is 10.0 Å². The molecule has 2 aromatic heterocycles. The molecule has 0 unspecified atom stereocenters. The van der Waals surface area contributed by atoms with E-state index in [0.717, 1.165) is 27.2 Å². The minimum atomic E-state index is -3.85.